The standard InChI is InChI=1S/C52H72N2O6Si2/c1-49(2,3)59-47(55)53-36-39(35-41(53)38-58-62(52(10,11)12,44-29-21-15-22-30-44)45-31-23-16-24-32-45)46-34-33-40(54(46)48(56)60-50(4,5)6)37-57-61(51(7,8)9,42-25-17-13-18-26-42)43-27-19-14-20-28-43/h13-32,39-41,46H,33-38H2,1-12H3/t39-,40-,41-,46-/m0/s1. The molecule has 0 N–H and O–H groups in total. The van der Waals surface area contributed by atoms with Crippen molar-refractivity contribution in [1.29, 1.82) is 0 Å². The van der Waals surface area contributed by atoms with E-state index in [1.165, 1.54) is 20.7 Å². The Hall–Kier alpha value is -4.23. The van der Waals surface area contributed by atoms with Crippen LogP contribution in [0.1, 0.15) is 102 Å². The first kappa shape index (κ1) is 47.3. The lowest BCUT2D eigenvalue weighted by Gasteiger charge is -2.44. The molecule has 2 amide bonds. The molecule has 2 aliphatic rings. The van der Waals surface area contributed by atoms with Gasteiger partial charge in [-0.15, -0.1) is 0 Å². The number of carbonyl (C=O) groups excluding carboxylic acids is 2. The van der Waals surface area contributed by atoms with Crippen LogP contribution in [0.15, 0.2) is 121 Å². The number of hydrogen-bond acceptors (Lipinski definition) is 6. The Bertz CT molecular complexity index is 2000. The monoisotopic (exact) mass is 876 g/mol. The molecule has 0 aromatic heterocycles. The molecule has 4 aromatic rings. The Morgan fingerprint density at radius 2 is 0.871 bits per heavy atom. The molecule has 0 aliphatic carbocycles. The van der Waals surface area contributed by atoms with Gasteiger partial charge >= 0.3 is 12.2 Å². The van der Waals surface area contributed by atoms with Crippen molar-refractivity contribution in [2.24, 2.45) is 5.92 Å². The van der Waals surface area contributed by atoms with Gasteiger partial charge in [-0.2, -0.15) is 0 Å². The van der Waals surface area contributed by atoms with E-state index in [9.17, 15) is 9.59 Å². The normalized spacial score (nSPS) is 20.3. The summed E-state index contributed by atoms with van der Waals surface area (Å²) < 4.78 is 27.3. The molecule has 4 atom stereocenters. The van der Waals surface area contributed by atoms with Crippen molar-refractivity contribution >= 4 is 49.6 Å². The van der Waals surface area contributed by atoms with Gasteiger partial charge in [-0.3, -0.25) is 4.90 Å². The predicted molar refractivity (Wildman–Crippen MR) is 257 cm³/mol. The Morgan fingerprint density at radius 1 is 0.516 bits per heavy atom. The molecular weight excluding hydrogens is 805 g/mol. The maximum atomic E-state index is 14.6. The zero-order valence-electron chi connectivity index (χ0n) is 39.4. The lowest BCUT2D eigenvalue weighted by Crippen LogP contribution is -2.67. The highest BCUT2D eigenvalue weighted by atomic mass is 28.4. The van der Waals surface area contributed by atoms with Crippen LogP contribution in [0.25, 0.3) is 0 Å². The van der Waals surface area contributed by atoms with Gasteiger partial charge in [-0.05, 0) is 97.5 Å². The number of carbonyl (C=O) groups is 2. The Morgan fingerprint density at radius 3 is 1.23 bits per heavy atom. The molecule has 2 aliphatic heterocycles. The Kier molecular flexibility index (Phi) is 14.1. The van der Waals surface area contributed by atoms with Crippen LogP contribution in [0.5, 0.6) is 0 Å². The van der Waals surface area contributed by atoms with Gasteiger partial charge in [0, 0.05) is 12.6 Å². The van der Waals surface area contributed by atoms with Gasteiger partial charge in [-0.1, -0.05) is 163 Å². The topological polar surface area (TPSA) is 77.5 Å². The number of amides is 2. The van der Waals surface area contributed by atoms with E-state index in [0.29, 0.717) is 26.2 Å². The number of hydrogen-bond donors (Lipinski definition) is 0. The highest BCUT2D eigenvalue weighted by Crippen LogP contribution is 2.42. The molecule has 0 unspecified atom stereocenters. The van der Waals surface area contributed by atoms with Crippen molar-refractivity contribution in [3.05, 3.63) is 121 Å². The second-order valence-corrected chi connectivity index (χ2v) is 30.0. The lowest BCUT2D eigenvalue weighted by molar-refractivity contribution is 0.00373. The smallest absolute Gasteiger partial charge is 0.410 e. The molecule has 0 bridgehead atoms. The molecule has 2 fully saturated rings. The minimum absolute atomic E-state index is 0.0411. The Balaban J connectivity index is 1.36. The minimum atomic E-state index is -2.93. The van der Waals surface area contributed by atoms with Gasteiger partial charge in [0.15, 0.2) is 0 Å². The summed E-state index contributed by atoms with van der Waals surface area (Å²) in [5.74, 6) is -0.0411. The first-order valence-corrected chi connectivity index (χ1v) is 26.4. The first-order chi connectivity index (χ1) is 29.1. The predicted octanol–water partition coefficient (Wildman–Crippen LogP) is 9.53. The van der Waals surface area contributed by atoms with Gasteiger partial charge in [0.05, 0.1) is 25.3 Å². The van der Waals surface area contributed by atoms with Crippen molar-refractivity contribution in [2.45, 2.75) is 142 Å². The third kappa shape index (κ3) is 10.1. The molecule has 62 heavy (non-hydrogen) atoms. The van der Waals surface area contributed by atoms with Crippen LogP contribution >= 0.6 is 0 Å². The largest absolute Gasteiger partial charge is 0.444 e. The van der Waals surface area contributed by atoms with E-state index in [1.54, 1.807) is 0 Å². The molecule has 4 aromatic carbocycles. The summed E-state index contributed by atoms with van der Waals surface area (Å²) >= 11 is 0. The maximum Gasteiger partial charge on any atom is 0.410 e. The van der Waals surface area contributed by atoms with Crippen LogP contribution in [-0.4, -0.2) is 87.7 Å². The van der Waals surface area contributed by atoms with E-state index in [-0.39, 0.29) is 46.3 Å². The average molecular weight is 877 g/mol. The van der Waals surface area contributed by atoms with Crippen molar-refractivity contribution in [3.8, 4) is 0 Å². The summed E-state index contributed by atoms with van der Waals surface area (Å²) in [6, 6.07) is 41.8. The number of likely N-dealkylation sites (tertiary alicyclic amines) is 2. The van der Waals surface area contributed by atoms with E-state index in [2.05, 4.69) is 151 Å². The van der Waals surface area contributed by atoms with Crippen molar-refractivity contribution in [3.63, 3.8) is 0 Å². The molecule has 334 valence electrons. The van der Waals surface area contributed by atoms with E-state index in [1.807, 2.05) is 63.5 Å². The van der Waals surface area contributed by atoms with Crippen LogP contribution in [0.3, 0.4) is 0 Å². The molecule has 8 nitrogen and oxygen atoms in total. The maximum absolute atomic E-state index is 14.6. The van der Waals surface area contributed by atoms with Gasteiger partial charge in [0.2, 0.25) is 0 Å². The summed E-state index contributed by atoms with van der Waals surface area (Å²) in [6.07, 6.45) is 1.48. The number of nitrogens with zero attached hydrogens (tertiary/aromatic N) is 2. The molecule has 0 saturated carbocycles. The van der Waals surface area contributed by atoms with Crippen LogP contribution in [0, 0.1) is 5.92 Å². The van der Waals surface area contributed by atoms with E-state index >= 15 is 0 Å². The molecule has 10 heteroatoms. The molecule has 2 heterocycles. The fraction of sp³-hybridized carbons (Fsp3) is 0.500. The van der Waals surface area contributed by atoms with Crippen molar-refractivity contribution < 1.29 is 27.9 Å². The third-order valence-corrected chi connectivity index (χ3v) is 22.6. The fourth-order valence-corrected chi connectivity index (χ4v) is 19.2. The summed E-state index contributed by atoms with van der Waals surface area (Å²) in [5, 5.41) is 4.32. The van der Waals surface area contributed by atoms with Gasteiger partial charge in [-0.25, -0.2) is 9.59 Å². The quantitative estimate of drug-likeness (QED) is 0.140. The van der Waals surface area contributed by atoms with Gasteiger partial charge in [0.1, 0.15) is 11.2 Å². The highest BCUT2D eigenvalue weighted by molar-refractivity contribution is 7.00. The van der Waals surface area contributed by atoms with Crippen LogP contribution in [0.2, 0.25) is 10.1 Å². The molecular formula is C52H72N2O6Si2. The second kappa shape index (κ2) is 18.5. The van der Waals surface area contributed by atoms with Crippen LogP contribution in [-0.2, 0) is 18.3 Å². The van der Waals surface area contributed by atoms with E-state index < -0.39 is 27.8 Å². The third-order valence-electron chi connectivity index (χ3n) is 12.6. The molecule has 6 rings (SSSR count). The van der Waals surface area contributed by atoms with E-state index in [4.69, 9.17) is 18.3 Å². The van der Waals surface area contributed by atoms with Gasteiger partial charge in [0.25, 0.3) is 16.6 Å². The second-order valence-electron chi connectivity index (χ2n) is 21.4. The molecule has 0 radical (unpaired) electrons. The first-order valence-electron chi connectivity index (χ1n) is 22.6. The summed E-state index contributed by atoms with van der Waals surface area (Å²) in [7, 11) is -5.83. The van der Waals surface area contributed by atoms with Crippen molar-refractivity contribution in [2.75, 3.05) is 19.8 Å². The molecule has 2 saturated heterocycles. The average Bonchev–Trinajstić information content (AvgIpc) is 3.83. The zero-order chi connectivity index (χ0) is 45.1. The summed E-state index contributed by atoms with van der Waals surface area (Å²) in [6.45, 7) is 26.3. The number of benzene rings is 4. The fourth-order valence-electron chi connectivity index (χ4n) is 10.0. The summed E-state index contributed by atoms with van der Waals surface area (Å²) in [5.41, 5.74) is -1.38. The SMILES string of the molecule is CC(C)(C)OC(=O)N1C[C@@H]([C@@H]2CC[C@@H](CO[Si](c3ccccc3)(c3ccccc3)C(C)(C)C)N2C(=O)OC(C)(C)C)C[C@H]1CO[Si](c1ccccc1)(c1ccccc1)C(C)(C)C. The summed E-state index contributed by atoms with van der Waals surface area (Å²) in [4.78, 5) is 32.7. The van der Waals surface area contributed by atoms with E-state index in [0.717, 1.165) is 12.8 Å². The van der Waals surface area contributed by atoms with Gasteiger partial charge < -0.3 is 23.2 Å². The number of ether oxygens (including phenoxy) is 2. The highest BCUT2D eigenvalue weighted by Gasteiger charge is 2.55. The number of rotatable bonds is 11. The van der Waals surface area contributed by atoms with Crippen LogP contribution < -0.4 is 20.7 Å². The Labute approximate surface area is 374 Å². The van der Waals surface area contributed by atoms with Crippen molar-refractivity contribution in [1.82, 2.24) is 9.80 Å². The van der Waals surface area contributed by atoms with Crippen LogP contribution in [0.4, 0.5) is 9.59 Å². The molecule has 0 spiro atoms. The zero-order valence-corrected chi connectivity index (χ0v) is 41.4. The lowest BCUT2D eigenvalue weighted by atomic mass is 9.95. The minimum Gasteiger partial charge on any atom is -0.444 e.